The SMILES string of the molecule is CC1COC(CN)CN1C(=O)c1ccccc1C(C)(C)C. The molecule has 2 unspecified atom stereocenters. The molecule has 1 heterocycles. The van der Waals surface area contributed by atoms with Crippen LogP contribution in [0.4, 0.5) is 0 Å². The number of benzene rings is 1. The Morgan fingerprint density at radius 2 is 2.05 bits per heavy atom. The minimum atomic E-state index is -0.0630. The van der Waals surface area contributed by atoms with Crippen molar-refractivity contribution >= 4 is 5.91 Å². The number of rotatable bonds is 2. The molecule has 0 spiro atoms. The third kappa shape index (κ3) is 3.44. The molecule has 0 radical (unpaired) electrons. The van der Waals surface area contributed by atoms with E-state index < -0.39 is 0 Å². The molecule has 2 atom stereocenters. The molecular formula is C17H26N2O2. The molecule has 2 N–H and O–H groups in total. The second kappa shape index (κ2) is 6.16. The van der Waals surface area contributed by atoms with Crippen molar-refractivity contribution in [3.05, 3.63) is 35.4 Å². The van der Waals surface area contributed by atoms with Gasteiger partial charge in [0.15, 0.2) is 0 Å². The van der Waals surface area contributed by atoms with Gasteiger partial charge in [0.05, 0.1) is 18.8 Å². The number of hydrogen-bond donors (Lipinski definition) is 1. The second-order valence-corrected chi connectivity index (χ2v) is 6.79. The first-order chi connectivity index (χ1) is 9.84. The highest BCUT2D eigenvalue weighted by Gasteiger charge is 2.31. The van der Waals surface area contributed by atoms with Crippen molar-refractivity contribution in [2.75, 3.05) is 19.7 Å². The Balaban J connectivity index is 2.31. The van der Waals surface area contributed by atoms with E-state index in [-0.39, 0.29) is 23.5 Å². The summed E-state index contributed by atoms with van der Waals surface area (Å²) >= 11 is 0. The summed E-state index contributed by atoms with van der Waals surface area (Å²) < 4.78 is 5.63. The Hall–Kier alpha value is -1.39. The molecule has 116 valence electrons. The zero-order chi connectivity index (χ0) is 15.6. The first kappa shape index (κ1) is 16.0. The molecule has 1 saturated heterocycles. The van der Waals surface area contributed by atoms with Crippen LogP contribution in [0.2, 0.25) is 0 Å². The van der Waals surface area contributed by atoms with Crippen LogP contribution in [0.25, 0.3) is 0 Å². The lowest BCUT2D eigenvalue weighted by atomic mass is 9.83. The number of morpholine rings is 1. The van der Waals surface area contributed by atoms with Crippen LogP contribution < -0.4 is 5.73 Å². The highest BCUT2D eigenvalue weighted by atomic mass is 16.5. The maximum absolute atomic E-state index is 13.0. The van der Waals surface area contributed by atoms with Gasteiger partial charge >= 0.3 is 0 Å². The van der Waals surface area contributed by atoms with Crippen LogP contribution in [0.1, 0.15) is 43.6 Å². The van der Waals surface area contributed by atoms with Crippen LogP contribution in [-0.2, 0) is 10.2 Å². The highest BCUT2D eigenvalue weighted by molar-refractivity contribution is 5.96. The van der Waals surface area contributed by atoms with E-state index in [0.29, 0.717) is 19.7 Å². The van der Waals surface area contributed by atoms with Gasteiger partial charge in [-0.25, -0.2) is 0 Å². The van der Waals surface area contributed by atoms with E-state index in [1.165, 1.54) is 0 Å². The molecule has 1 aromatic carbocycles. The minimum absolute atomic E-state index is 0.0605. The topological polar surface area (TPSA) is 55.6 Å². The Labute approximate surface area is 127 Å². The fraction of sp³-hybridized carbons (Fsp3) is 0.588. The van der Waals surface area contributed by atoms with Gasteiger partial charge in [-0.15, -0.1) is 0 Å². The molecule has 1 amide bonds. The number of nitrogens with zero attached hydrogens (tertiary/aromatic N) is 1. The summed E-state index contributed by atoms with van der Waals surface area (Å²) in [7, 11) is 0. The van der Waals surface area contributed by atoms with Gasteiger partial charge in [-0.2, -0.15) is 0 Å². The smallest absolute Gasteiger partial charge is 0.254 e. The monoisotopic (exact) mass is 290 g/mol. The minimum Gasteiger partial charge on any atom is -0.373 e. The highest BCUT2D eigenvalue weighted by Crippen LogP contribution is 2.27. The van der Waals surface area contributed by atoms with E-state index >= 15 is 0 Å². The van der Waals surface area contributed by atoms with Gasteiger partial charge in [-0.3, -0.25) is 4.79 Å². The van der Waals surface area contributed by atoms with E-state index in [1.807, 2.05) is 36.1 Å². The van der Waals surface area contributed by atoms with Crippen LogP contribution in [0.5, 0.6) is 0 Å². The Morgan fingerprint density at radius 1 is 1.38 bits per heavy atom. The average Bonchev–Trinajstić information content (AvgIpc) is 2.46. The van der Waals surface area contributed by atoms with Gasteiger partial charge in [0.1, 0.15) is 0 Å². The fourth-order valence-corrected chi connectivity index (χ4v) is 2.72. The molecule has 1 fully saturated rings. The maximum Gasteiger partial charge on any atom is 0.254 e. The summed E-state index contributed by atoms with van der Waals surface area (Å²) in [4.78, 5) is 14.9. The van der Waals surface area contributed by atoms with Crippen molar-refractivity contribution in [1.29, 1.82) is 0 Å². The number of carbonyl (C=O) groups is 1. The molecule has 1 aliphatic rings. The van der Waals surface area contributed by atoms with Crippen LogP contribution in [0.3, 0.4) is 0 Å². The van der Waals surface area contributed by atoms with E-state index in [9.17, 15) is 4.79 Å². The third-order valence-electron chi connectivity index (χ3n) is 3.99. The van der Waals surface area contributed by atoms with Gasteiger partial charge in [-0.1, -0.05) is 39.0 Å². The first-order valence-electron chi connectivity index (χ1n) is 7.56. The van der Waals surface area contributed by atoms with Crippen molar-refractivity contribution in [1.82, 2.24) is 4.90 Å². The van der Waals surface area contributed by atoms with E-state index in [1.54, 1.807) is 0 Å². The molecule has 21 heavy (non-hydrogen) atoms. The first-order valence-corrected chi connectivity index (χ1v) is 7.56. The van der Waals surface area contributed by atoms with Crippen molar-refractivity contribution in [3.63, 3.8) is 0 Å². The van der Waals surface area contributed by atoms with Crippen molar-refractivity contribution in [3.8, 4) is 0 Å². The van der Waals surface area contributed by atoms with Gasteiger partial charge in [-0.05, 0) is 24.0 Å². The fourth-order valence-electron chi connectivity index (χ4n) is 2.72. The molecule has 1 aliphatic heterocycles. The predicted octanol–water partition coefficient (Wildman–Crippen LogP) is 2.17. The molecule has 2 rings (SSSR count). The Morgan fingerprint density at radius 3 is 2.67 bits per heavy atom. The number of hydrogen-bond acceptors (Lipinski definition) is 3. The average molecular weight is 290 g/mol. The molecule has 0 saturated carbocycles. The number of amides is 1. The van der Waals surface area contributed by atoms with Gasteiger partial charge in [0, 0.05) is 18.7 Å². The Bertz CT molecular complexity index is 508. The lowest BCUT2D eigenvalue weighted by Gasteiger charge is -2.38. The largest absolute Gasteiger partial charge is 0.373 e. The number of ether oxygens (including phenoxy) is 1. The summed E-state index contributed by atoms with van der Waals surface area (Å²) in [6, 6.07) is 7.95. The summed E-state index contributed by atoms with van der Waals surface area (Å²) in [5, 5.41) is 0. The van der Waals surface area contributed by atoms with Crippen LogP contribution in [-0.4, -0.2) is 42.6 Å². The molecule has 4 heteroatoms. The van der Waals surface area contributed by atoms with Crippen molar-refractivity contribution in [2.24, 2.45) is 5.73 Å². The van der Waals surface area contributed by atoms with E-state index in [0.717, 1.165) is 11.1 Å². The second-order valence-electron chi connectivity index (χ2n) is 6.79. The van der Waals surface area contributed by atoms with E-state index in [4.69, 9.17) is 10.5 Å². The van der Waals surface area contributed by atoms with Gasteiger partial charge in [0.2, 0.25) is 0 Å². The lowest BCUT2D eigenvalue weighted by molar-refractivity contribution is -0.0426. The molecule has 0 aromatic heterocycles. The summed E-state index contributed by atoms with van der Waals surface area (Å²) in [5.41, 5.74) is 7.49. The lowest BCUT2D eigenvalue weighted by Crippen LogP contribution is -2.53. The van der Waals surface area contributed by atoms with Gasteiger partial charge in [0.25, 0.3) is 5.91 Å². The maximum atomic E-state index is 13.0. The summed E-state index contributed by atoms with van der Waals surface area (Å²) in [6.07, 6.45) is -0.0630. The van der Waals surface area contributed by atoms with Crippen LogP contribution in [0.15, 0.2) is 24.3 Å². The standard InChI is InChI=1S/C17H26N2O2/c1-12-11-21-13(9-18)10-19(12)16(20)14-7-5-6-8-15(14)17(2,3)4/h5-8,12-13H,9-11,18H2,1-4H3. The molecule has 0 aliphatic carbocycles. The van der Waals surface area contributed by atoms with Crippen molar-refractivity contribution < 1.29 is 9.53 Å². The molecular weight excluding hydrogens is 264 g/mol. The zero-order valence-electron chi connectivity index (χ0n) is 13.4. The number of carbonyl (C=O) groups excluding carboxylic acids is 1. The van der Waals surface area contributed by atoms with Crippen LogP contribution >= 0.6 is 0 Å². The summed E-state index contributed by atoms with van der Waals surface area (Å²) in [6.45, 7) is 9.96. The van der Waals surface area contributed by atoms with Crippen LogP contribution in [0, 0.1) is 0 Å². The summed E-state index contributed by atoms with van der Waals surface area (Å²) in [5.74, 6) is 0.0785. The Kier molecular flexibility index (Phi) is 4.69. The predicted molar refractivity (Wildman–Crippen MR) is 84.4 cm³/mol. The quantitative estimate of drug-likeness (QED) is 0.908. The molecule has 1 aromatic rings. The number of nitrogens with two attached hydrogens (primary N) is 1. The van der Waals surface area contributed by atoms with Crippen molar-refractivity contribution in [2.45, 2.75) is 45.3 Å². The van der Waals surface area contributed by atoms with Gasteiger partial charge < -0.3 is 15.4 Å². The molecule has 0 bridgehead atoms. The molecule has 4 nitrogen and oxygen atoms in total. The normalized spacial score (nSPS) is 23.2. The third-order valence-corrected chi connectivity index (χ3v) is 3.99. The zero-order valence-corrected chi connectivity index (χ0v) is 13.4. The van der Waals surface area contributed by atoms with E-state index in [2.05, 4.69) is 20.8 Å².